The fourth-order valence-corrected chi connectivity index (χ4v) is 1.31. The lowest BCUT2D eigenvalue weighted by molar-refractivity contribution is 0.155. The molecule has 1 aromatic carbocycles. The maximum atomic E-state index is 9.08. The topological polar surface area (TPSA) is 49.7 Å². The number of aliphatic hydroxyl groups excluding tert-OH is 2. The highest BCUT2D eigenvalue weighted by Crippen LogP contribution is 2.18. The fourth-order valence-electron chi connectivity index (χ4n) is 1.31. The maximum Gasteiger partial charge on any atom is 0.122 e. The van der Waals surface area contributed by atoms with E-state index in [9.17, 15) is 0 Å². The van der Waals surface area contributed by atoms with Gasteiger partial charge < -0.3 is 14.9 Å². The molecule has 0 aromatic heterocycles. The molecule has 3 heteroatoms. The molecule has 1 unspecified atom stereocenters. The van der Waals surface area contributed by atoms with E-state index in [2.05, 4.69) is 0 Å². The van der Waals surface area contributed by atoms with E-state index in [0.29, 0.717) is 19.4 Å². The van der Waals surface area contributed by atoms with Crippen LogP contribution >= 0.6 is 0 Å². The van der Waals surface area contributed by atoms with Crippen LogP contribution in [0.15, 0.2) is 24.3 Å². The molecule has 0 radical (unpaired) electrons. The molecule has 2 N–H and O–H groups in total. The number of para-hydroxylation sites is 1. The summed E-state index contributed by atoms with van der Waals surface area (Å²) in [6, 6.07) is 7.64. The van der Waals surface area contributed by atoms with Crippen LogP contribution in [0.4, 0.5) is 0 Å². The summed E-state index contributed by atoms with van der Waals surface area (Å²) in [6.45, 7) is 2.36. The highest BCUT2D eigenvalue weighted by molar-refractivity contribution is 5.33. The zero-order valence-electron chi connectivity index (χ0n) is 9.02. The Kier molecular flexibility index (Phi) is 5.15. The Labute approximate surface area is 90.3 Å². The van der Waals surface area contributed by atoms with Gasteiger partial charge in [-0.3, -0.25) is 0 Å². The van der Waals surface area contributed by atoms with Gasteiger partial charge >= 0.3 is 0 Å². The first kappa shape index (κ1) is 12.0. The largest absolute Gasteiger partial charge is 0.493 e. The van der Waals surface area contributed by atoms with Crippen molar-refractivity contribution in [2.45, 2.75) is 25.9 Å². The second kappa shape index (κ2) is 6.43. The smallest absolute Gasteiger partial charge is 0.122 e. The van der Waals surface area contributed by atoms with Crippen molar-refractivity contribution in [3.8, 4) is 5.75 Å². The minimum absolute atomic E-state index is 0.122. The number of hydrogen-bond donors (Lipinski definition) is 2. The van der Waals surface area contributed by atoms with Gasteiger partial charge in [0.25, 0.3) is 0 Å². The van der Waals surface area contributed by atoms with Gasteiger partial charge in [-0.15, -0.1) is 0 Å². The van der Waals surface area contributed by atoms with Crippen LogP contribution in [-0.2, 0) is 6.42 Å². The van der Waals surface area contributed by atoms with Crippen molar-refractivity contribution in [1.29, 1.82) is 0 Å². The molecule has 0 fully saturated rings. The lowest BCUT2D eigenvalue weighted by atomic mass is 10.1. The van der Waals surface area contributed by atoms with Crippen LogP contribution in [0.5, 0.6) is 5.75 Å². The Morgan fingerprint density at radius 2 is 2.07 bits per heavy atom. The second-order valence-corrected chi connectivity index (χ2v) is 3.57. The van der Waals surface area contributed by atoms with Gasteiger partial charge in [-0.2, -0.15) is 0 Å². The van der Waals surface area contributed by atoms with Crippen LogP contribution in [-0.4, -0.2) is 29.5 Å². The summed E-state index contributed by atoms with van der Waals surface area (Å²) in [4.78, 5) is 0. The molecule has 0 aliphatic rings. The Bertz CT molecular complexity index is 284. The molecular formula is C12H18O3. The van der Waals surface area contributed by atoms with E-state index in [4.69, 9.17) is 14.9 Å². The third kappa shape index (κ3) is 4.32. The highest BCUT2D eigenvalue weighted by Gasteiger charge is 2.02. The summed E-state index contributed by atoms with van der Waals surface area (Å²) in [6.07, 6.45) is 0.883. The summed E-state index contributed by atoms with van der Waals surface area (Å²) in [5.74, 6) is 0.798. The Morgan fingerprint density at radius 1 is 1.33 bits per heavy atom. The average molecular weight is 210 g/mol. The first-order valence-corrected chi connectivity index (χ1v) is 5.23. The number of hydrogen-bond acceptors (Lipinski definition) is 3. The van der Waals surface area contributed by atoms with Gasteiger partial charge in [0.05, 0.1) is 12.7 Å². The van der Waals surface area contributed by atoms with E-state index in [1.54, 1.807) is 6.92 Å². The second-order valence-electron chi connectivity index (χ2n) is 3.57. The molecule has 0 spiro atoms. The van der Waals surface area contributed by atoms with Gasteiger partial charge in [0.2, 0.25) is 0 Å². The van der Waals surface area contributed by atoms with Gasteiger partial charge in [0.15, 0.2) is 0 Å². The number of ether oxygens (including phenoxy) is 1. The Morgan fingerprint density at radius 3 is 2.73 bits per heavy atom. The van der Waals surface area contributed by atoms with Crippen molar-refractivity contribution in [1.82, 2.24) is 0 Å². The molecule has 3 nitrogen and oxygen atoms in total. The summed E-state index contributed by atoms with van der Waals surface area (Å²) < 4.78 is 5.53. The predicted octanol–water partition coefficient (Wildman–Crippen LogP) is 1.37. The molecule has 0 heterocycles. The van der Waals surface area contributed by atoms with Crippen LogP contribution < -0.4 is 4.74 Å². The minimum Gasteiger partial charge on any atom is -0.493 e. The first-order valence-electron chi connectivity index (χ1n) is 5.23. The molecule has 0 amide bonds. The molecule has 0 saturated heterocycles. The highest BCUT2D eigenvalue weighted by atomic mass is 16.5. The van der Waals surface area contributed by atoms with E-state index in [0.717, 1.165) is 11.3 Å². The van der Waals surface area contributed by atoms with E-state index < -0.39 is 0 Å². The summed E-state index contributed by atoms with van der Waals surface area (Å²) in [7, 11) is 0. The van der Waals surface area contributed by atoms with Crippen LogP contribution in [0.3, 0.4) is 0 Å². The van der Waals surface area contributed by atoms with Crippen molar-refractivity contribution in [2.24, 2.45) is 0 Å². The van der Waals surface area contributed by atoms with Crippen LogP contribution in [0.1, 0.15) is 18.9 Å². The first-order chi connectivity index (χ1) is 7.24. The van der Waals surface area contributed by atoms with E-state index >= 15 is 0 Å². The third-order valence-electron chi connectivity index (χ3n) is 2.15. The Balaban J connectivity index is 2.51. The molecule has 1 aromatic rings. The standard InChI is InChI=1S/C12H18O3/c1-10(14)7-9-15-12-5-3-2-4-11(12)6-8-13/h2-5,10,13-14H,6-9H2,1H3. The summed E-state index contributed by atoms with van der Waals surface area (Å²) >= 11 is 0. The van der Waals surface area contributed by atoms with Crippen LogP contribution in [0, 0.1) is 0 Å². The molecular weight excluding hydrogens is 192 g/mol. The predicted molar refractivity (Wildman–Crippen MR) is 59.0 cm³/mol. The quantitative estimate of drug-likeness (QED) is 0.745. The maximum absolute atomic E-state index is 9.08. The summed E-state index contributed by atoms with van der Waals surface area (Å²) in [5, 5.41) is 17.9. The molecule has 0 aliphatic heterocycles. The molecule has 84 valence electrons. The fraction of sp³-hybridized carbons (Fsp3) is 0.500. The van der Waals surface area contributed by atoms with Crippen molar-refractivity contribution in [3.63, 3.8) is 0 Å². The lowest BCUT2D eigenvalue weighted by Gasteiger charge is -2.11. The number of aliphatic hydroxyl groups is 2. The van der Waals surface area contributed by atoms with Crippen molar-refractivity contribution >= 4 is 0 Å². The van der Waals surface area contributed by atoms with Gasteiger partial charge in [0.1, 0.15) is 5.75 Å². The zero-order valence-corrected chi connectivity index (χ0v) is 9.02. The van der Waals surface area contributed by atoms with Crippen molar-refractivity contribution in [2.75, 3.05) is 13.2 Å². The summed E-state index contributed by atoms with van der Waals surface area (Å²) in [5.41, 5.74) is 1.01. The zero-order chi connectivity index (χ0) is 11.1. The van der Waals surface area contributed by atoms with Gasteiger partial charge in [-0.05, 0) is 25.0 Å². The number of benzene rings is 1. The minimum atomic E-state index is -0.338. The van der Waals surface area contributed by atoms with Gasteiger partial charge in [-0.25, -0.2) is 0 Å². The molecule has 0 saturated carbocycles. The third-order valence-corrected chi connectivity index (χ3v) is 2.15. The molecule has 0 bridgehead atoms. The van der Waals surface area contributed by atoms with Gasteiger partial charge in [-0.1, -0.05) is 18.2 Å². The van der Waals surface area contributed by atoms with Crippen molar-refractivity contribution < 1.29 is 14.9 Å². The molecule has 1 rings (SSSR count). The van der Waals surface area contributed by atoms with E-state index in [1.165, 1.54) is 0 Å². The normalized spacial score (nSPS) is 12.5. The Hall–Kier alpha value is -1.06. The average Bonchev–Trinajstić information content (AvgIpc) is 2.20. The van der Waals surface area contributed by atoms with E-state index in [1.807, 2.05) is 24.3 Å². The monoisotopic (exact) mass is 210 g/mol. The molecule has 15 heavy (non-hydrogen) atoms. The molecule has 1 atom stereocenters. The SMILES string of the molecule is CC(O)CCOc1ccccc1CCO. The van der Waals surface area contributed by atoms with Gasteiger partial charge in [0, 0.05) is 13.0 Å². The number of rotatable bonds is 6. The lowest BCUT2D eigenvalue weighted by Crippen LogP contribution is -2.08. The van der Waals surface area contributed by atoms with Crippen molar-refractivity contribution in [3.05, 3.63) is 29.8 Å². The molecule has 0 aliphatic carbocycles. The van der Waals surface area contributed by atoms with Crippen LogP contribution in [0.25, 0.3) is 0 Å². The van der Waals surface area contributed by atoms with Crippen LogP contribution in [0.2, 0.25) is 0 Å². The van der Waals surface area contributed by atoms with E-state index in [-0.39, 0.29) is 12.7 Å².